The van der Waals surface area contributed by atoms with Gasteiger partial charge in [-0.25, -0.2) is 4.79 Å². The molecule has 6 heteroatoms. The molecule has 0 spiro atoms. The molecule has 1 amide bonds. The number of hydrogen-bond donors (Lipinski definition) is 1. The zero-order chi connectivity index (χ0) is 20.9. The highest BCUT2D eigenvalue weighted by atomic mass is 16.5. The van der Waals surface area contributed by atoms with E-state index >= 15 is 0 Å². The van der Waals surface area contributed by atoms with E-state index in [0.717, 1.165) is 39.0 Å². The van der Waals surface area contributed by atoms with E-state index in [4.69, 9.17) is 4.74 Å². The summed E-state index contributed by atoms with van der Waals surface area (Å²) in [6.45, 7) is 14.8. The lowest BCUT2D eigenvalue weighted by Gasteiger charge is -2.32. The number of anilines is 1. The highest BCUT2D eigenvalue weighted by Crippen LogP contribution is 2.18. The molecular weight excluding hydrogens is 354 g/mol. The quantitative estimate of drug-likeness (QED) is 0.411. The predicted octanol–water partition coefficient (Wildman–Crippen LogP) is 3.63. The van der Waals surface area contributed by atoms with Gasteiger partial charge in [0, 0.05) is 6.54 Å². The molecule has 0 aliphatic carbocycles. The molecule has 0 saturated carbocycles. The van der Waals surface area contributed by atoms with E-state index in [1.165, 1.54) is 0 Å². The largest absolute Gasteiger partial charge is 0.462 e. The SMILES string of the molecule is CCCCOC(=O)c1ccccc1NC(=O)C(CN(CC)CC)N(CC)CC. The Hall–Kier alpha value is -1.92. The maximum atomic E-state index is 13.1. The Kier molecular flexibility index (Phi) is 11.4. The number of unbranched alkanes of at least 4 members (excludes halogenated alkanes) is 1. The standard InChI is InChI=1S/C22H37N3O3/c1-6-11-16-28-22(27)18-14-12-13-15-19(18)23-21(26)20(25(9-4)10-5)17-24(7-2)8-3/h12-15,20H,6-11,16-17H2,1-5H3,(H,23,26). The number of ether oxygens (including phenoxy) is 1. The van der Waals surface area contributed by atoms with Crippen LogP contribution in [0.15, 0.2) is 24.3 Å². The van der Waals surface area contributed by atoms with Crippen molar-refractivity contribution in [1.82, 2.24) is 9.80 Å². The smallest absolute Gasteiger partial charge is 0.340 e. The van der Waals surface area contributed by atoms with E-state index in [1.54, 1.807) is 18.2 Å². The Morgan fingerprint density at radius 3 is 2.21 bits per heavy atom. The first-order chi connectivity index (χ1) is 13.5. The zero-order valence-corrected chi connectivity index (χ0v) is 18.2. The Bertz CT molecular complexity index is 598. The molecule has 158 valence electrons. The summed E-state index contributed by atoms with van der Waals surface area (Å²) in [6, 6.07) is 6.77. The fourth-order valence-corrected chi connectivity index (χ4v) is 3.13. The monoisotopic (exact) mass is 391 g/mol. The minimum Gasteiger partial charge on any atom is -0.462 e. The summed E-state index contributed by atoms with van der Waals surface area (Å²) >= 11 is 0. The van der Waals surface area contributed by atoms with E-state index in [2.05, 4.69) is 42.8 Å². The van der Waals surface area contributed by atoms with Gasteiger partial charge in [-0.15, -0.1) is 0 Å². The summed E-state index contributed by atoms with van der Waals surface area (Å²) in [4.78, 5) is 30.0. The second-order valence-electron chi connectivity index (χ2n) is 6.75. The fourth-order valence-electron chi connectivity index (χ4n) is 3.13. The van der Waals surface area contributed by atoms with Crippen molar-refractivity contribution in [3.8, 4) is 0 Å². The summed E-state index contributed by atoms with van der Waals surface area (Å²) in [6.07, 6.45) is 1.79. The maximum Gasteiger partial charge on any atom is 0.340 e. The van der Waals surface area contributed by atoms with Crippen LogP contribution in [-0.2, 0) is 9.53 Å². The molecule has 1 atom stereocenters. The van der Waals surface area contributed by atoms with Gasteiger partial charge in [0.2, 0.25) is 5.91 Å². The van der Waals surface area contributed by atoms with E-state index in [0.29, 0.717) is 24.4 Å². The number of benzene rings is 1. The average Bonchev–Trinajstić information content (AvgIpc) is 2.71. The third kappa shape index (κ3) is 7.24. The van der Waals surface area contributed by atoms with Crippen molar-refractivity contribution < 1.29 is 14.3 Å². The number of amides is 1. The molecule has 0 saturated heterocycles. The highest BCUT2D eigenvalue weighted by molar-refractivity contribution is 6.02. The van der Waals surface area contributed by atoms with Crippen molar-refractivity contribution in [2.24, 2.45) is 0 Å². The number of carbonyl (C=O) groups excluding carboxylic acids is 2. The molecule has 0 bridgehead atoms. The first kappa shape index (κ1) is 24.1. The van der Waals surface area contributed by atoms with Crippen molar-refractivity contribution in [3.63, 3.8) is 0 Å². The minimum absolute atomic E-state index is 0.0931. The van der Waals surface area contributed by atoms with Gasteiger partial charge in [-0.2, -0.15) is 0 Å². The Labute approximate surface area is 170 Å². The third-order valence-corrected chi connectivity index (χ3v) is 5.02. The number of likely N-dealkylation sites (N-methyl/N-ethyl adjacent to an activating group) is 2. The lowest BCUT2D eigenvalue weighted by molar-refractivity contribution is -0.121. The van der Waals surface area contributed by atoms with Gasteiger partial charge in [-0.3, -0.25) is 9.69 Å². The minimum atomic E-state index is -0.396. The van der Waals surface area contributed by atoms with Gasteiger partial charge < -0.3 is 15.0 Å². The molecule has 0 aliphatic rings. The number of esters is 1. The molecule has 1 N–H and O–H groups in total. The van der Waals surface area contributed by atoms with E-state index < -0.39 is 5.97 Å². The van der Waals surface area contributed by atoms with Crippen LogP contribution >= 0.6 is 0 Å². The van der Waals surface area contributed by atoms with Gasteiger partial charge in [0.05, 0.1) is 17.9 Å². The molecule has 0 aromatic heterocycles. The summed E-state index contributed by atoms with van der Waals surface area (Å²) in [5.74, 6) is -0.489. The van der Waals surface area contributed by atoms with Crippen LogP contribution in [0.4, 0.5) is 5.69 Å². The van der Waals surface area contributed by atoms with Crippen LogP contribution in [0.5, 0.6) is 0 Å². The Morgan fingerprint density at radius 2 is 1.64 bits per heavy atom. The van der Waals surface area contributed by atoms with E-state index in [9.17, 15) is 9.59 Å². The third-order valence-electron chi connectivity index (χ3n) is 5.02. The molecule has 1 aromatic carbocycles. The predicted molar refractivity (Wildman–Crippen MR) is 115 cm³/mol. The number of rotatable bonds is 13. The summed E-state index contributed by atoms with van der Waals surface area (Å²) in [5.41, 5.74) is 0.902. The van der Waals surface area contributed by atoms with Gasteiger partial charge in [0.25, 0.3) is 0 Å². The molecule has 0 fully saturated rings. The van der Waals surface area contributed by atoms with Crippen LogP contribution in [0, 0.1) is 0 Å². The van der Waals surface area contributed by atoms with Gasteiger partial charge >= 0.3 is 5.97 Å². The van der Waals surface area contributed by atoms with Crippen LogP contribution in [-0.4, -0.2) is 67.0 Å². The second-order valence-corrected chi connectivity index (χ2v) is 6.75. The molecule has 1 aromatic rings. The van der Waals surface area contributed by atoms with Crippen LogP contribution in [0.2, 0.25) is 0 Å². The number of para-hydroxylation sites is 1. The highest BCUT2D eigenvalue weighted by Gasteiger charge is 2.27. The van der Waals surface area contributed by atoms with Crippen molar-refractivity contribution in [1.29, 1.82) is 0 Å². The fraction of sp³-hybridized carbons (Fsp3) is 0.636. The van der Waals surface area contributed by atoms with Gasteiger partial charge in [-0.1, -0.05) is 53.2 Å². The van der Waals surface area contributed by atoms with E-state index in [1.807, 2.05) is 13.0 Å². The average molecular weight is 392 g/mol. The topological polar surface area (TPSA) is 61.9 Å². The first-order valence-electron chi connectivity index (χ1n) is 10.6. The number of nitrogens with zero attached hydrogens (tertiary/aromatic N) is 2. The second kappa shape index (κ2) is 13.3. The van der Waals surface area contributed by atoms with Crippen molar-refractivity contribution >= 4 is 17.6 Å². The van der Waals surface area contributed by atoms with Crippen molar-refractivity contribution in [2.75, 3.05) is 44.6 Å². The molecule has 6 nitrogen and oxygen atoms in total. The van der Waals surface area contributed by atoms with Crippen molar-refractivity contribution in [3.05, 3.63) is 29.8 Å². The Morgan fingerprint density at radius 1 is 1.00 bits per heavy atom. The number of carbonyl (C=O) groups is 2. The normalized spacial score (nSPS) is 12.2. The molecule has 1 unspecified atom stereocenters. The van der Waals surface area contributed by atoms with Gasteiger partial charge in [-0.05, 0) is 44.7 Å². The molecule has 1 rings (SSSR count). The van der Waals surface area contributed by atoms with Crippen LogP contribution in [0.3, 0.4) is 0 Å². The molecular formula is C22H37N3O3. The lowest BCUT2D eigenvalue weighted by Crippen LogP contribution is -2.50. The summed E-state index contributed by atoms with van der Waals surface area (Å²) in [7, 11) is 0. The van der Waals surface area contributed by atoms with E-state index in [-0.39, 0.29) is 11.9 Å². The van der Waals surface area contributed by atoms with Crippen molar-refractivity contribution in [2.45, 2.75) is 53.5 Å². The maximum absolute atomic E-state index is 13.1. The van der Waals surface area contributed by atoms with Gasteiger partial charge in [0.1, 0.15) is 6.04 Å². The number of hydrogen-bond acceptors (Lipinski definition) is 5. The molecule has 0 heterocycles. The van der Waals surface area contributed by atoms with Crippen LogP contribution in [0.25, 0.3) is 0 Å². The molecule has 0 radical (unpaired) electrons. The molecule has 0 aliphatic heterocycles. The van der Waals surface area contributed by atoms with Gasteiger partial charge in [0.15, 0.2) is 0 Å². The van der Waals surface area contributed by atoms with Crippen LogP contribution in [0.1, 0.15) is 57.8 Å². The Balaban J connectivity index is 2.99. The summed E-state index contributed by atoms with van der Waals surface area (Å²) < 4.78 is 5.33. The molecule has 28 heavy (non-hydrogen) atoms. The number of nitrogens with one attached hydrogen (secondary N) is 1. The van der Waals surface area contributed by atoms with Crippen LogP contribution < -0.4 is 5.32 Å². The lowest BCUT2D eigenvalue weighted by atomic mass is 10.1. The summed E-state index contributed by atoms with van der Waals surface area (Å²) in [5, 5.41) is 2.98. The first-order valence-corrected chi connectivity index (χ1v) is 10.6. The zero-order valence-electron chi connectivity index (χ0n) is 18.2.